The molecule has 4 fully saturated rings. The van der Waals surface area contributed by atoms with E-state index in [0.29, 0.717) is 94.4 Å². The standard InChI is InChI=1S/4C26H25N5O3.H2O/c4*1-16-23(17(2)34-30-16)15-31-14-18(13-27)22-12-21(9-10-25(22)31)33-20-7-5-19(6-8-20)29-26(32)24-4-3-11-28-24;/h4*5-10,12,14,24,28H,3-4,11,15H2,1-2H3,(H,29,32);1H2/t4*24-;/m0000./s1. The van der Waals surface area contributed by atoms with Crippen molar-refractivity contribution in [3.8, 4) is 70.3 Å². The predicted molar refractivity (Wildman–Crippen MR) is 515 cm³/mol. The molecule has 0 unspecified atom stereocenters. The van der Waals surface area contributed by atoms with Crippen LogP contribution in [-0.2, 0) is 45.4 Å². The molecule has 4 saturated heterocycles. The van der Waals surface area contributed by atoms with Gasteiger partial charge in [0.15, 0.2) is 0 Å². The Balaban J connectivity index is 0.000000132. The first-order valence-corrected chi connectivity index (χ1v) is 45.1. The molecule has 8 aromatic carbocycles. The second-order valence-electron chi connectivity index (χ2n) is 34.1. The zero-order valence-electron chi connectivity index (χ0n) is 76.9. The number of aromatic nitrogens is 8. The first kappa shape index (κ1) is 93.8. The van der Waals surface area contributed by atoms with Gasteiger partial charge in [0.05, 0.1) is 95.4 Å². The molecule has 20 rings (SSSR count). The molecule has 0 spiro atoms. The number of rotatable bonds is 24. The number of hydrogen-bond acceptors (Lipinski definition) is 24. The third-order valence-electron chi connectivity index (χ3n) is 24.9. The van der Waals surface area contributed by atoms with Crippen LogP contribution in [0.1, 0.15) is 142 Å². The Kier molecular flexibility index (Phi) is 28.9. The zero-order chi connectivity index (χ0) is 94.6. The van der Waals surface area contributed by atoms with Crippen LogP contribution in [0.4, 0.5) is 22.7 Å². The van der Waals surface area contributed by atoms with Crippen LogP contribution in [0.2, 0.25) is 0 Å². The number of carbonyl (C=O) groups excluding carboxylic acids is 4. The van der Waals surface area contributed by atoms with Gasteiger partial charge in [-0.3, -0.25) is 19.2 Å². The molecule has 4 aliphatic rings. The Morgan fingerprint density at radius 3 is 0.686 bits per heavy atom. The van der Waals surface area contributed by atoms with Gasteiger partial charge in [0.2, 0.25) is 23.6 Å². The van der Waals surface area contributed by atoms with Gasteiger partial charge >= 0.3 is 0 Å². The highest BCUT2D eigenvalue weighted by atomic mass is 16.5. The molecule has 4 aliphatic heterocycles. The molecule has 12 heterocycles. The highest BCUT2D eigenvalue weighted by molar-refractivity contribution is 5.98. The van der Waals surface area contributed by atoms with Crippen LogP contribution in [0.15, 0.2) is 213 Å². The average Bonchev–Trinajstić information content (AvgIpc) is 1.65. The van der Waals surface area contributed by atoms with E-state index in [-0.39, 0.29) is 53.3 Å². The molecular formula is C104H102N20O13. The van der Waals surface area contributed by atoms with Crippen LogP contribution in [0.5, 0.6) is 46.0 Å². The molecular weight excluding hydrogens is 1740 g/mol. The summed E-state index contributed by atoms with van der Waals surface area (Å²) in [5.41, 5.74) is 16.4. The molecule has 10 N–H and O–H groups in total. The third-order valence-corrected chi connectivity index (χ3v) is 24.9. The summed E-state index contributed by atoms with van der Waals surface area (Å²) in [4.78, 5) is 49.1. The molecule has 0 aliphatic carbocycles. The van der Waals surface area contributed by atoms with Crippen molar-refractivity contribution in [3.05, 3.63) is 285 Å². The van der Waals surface area contributed by atoms with Gasteiger partial charge < -0.3 is 103 Å². The van der Waals surface area contributed by atoms with Crippen molar-refractivity contribution in [1.82, 2.24) is 60.2 Å². The van der Waals surface area contributed by atoms with E-state index in [9.17, 15) is 40.2 Å². The second-order valence-corrected chi connectivity index (χ2v) is 34.1. The first-order chi connectivity index (χ1) is 66.0. The van der Waals surface area contributed by atoms with Crippen molar-refractivity contribution in [2.45, 2.75) is 157 Å². The highest BCUT2D eigenvalue weighted by Gasteiger charge is 2.28. The summed E-state index contributed by atoms with van der Waals surface area (Å²) in [5.74, 6) is 8.15. The van der Waals surface area contributed by atoms with E-state index in [1.807, 2.05) is 268 Å². The number of nitrogens with zero attached hydrogens (tertiary/aromatic N) is 12. The highest BCUT2D eigenvalue weighted by Crippen LogP contribution is 2.38. The quantitative estimate of drug-likeness (QED) is 0.0278. The molecule has 4 atom stereocenters. The van der Waals surface area contributed by atoms with E-state index in [1.54, 1.807) is 0 Å². The maximum atomic E-state index is 12.3. The van der Waals surface area contributed by atoms with E-state index in [0.717, 1.165) is 212 Å². The monoisotopic (exact) mass is 1840 g/mol. The van der Waals surface area contributed by atoms with Gasteiger partial charge in [-0.25, -0.2) is 0 Å². The summed E-state index contributed by atoms with van der Waals surface area (Å²) in [6, 6.07) is 60.5. The smallest absolute Gasteiger partial charge is 0.241 e. The molecule has 0 radical (unpaired) electrons. The van der Waals surface area contributed by atoms with Gasteiger partial charge in [0, 0.05) is 113 Å². The van der Waals surface area contributed by atoms with E-state index >= 15 is 0 Å². The largest absolute Gasteiger partial charge is 0.457 e. The number of anilines is 4. The fourth-order valence-corrected chi connectivity index (χ4v) is 17.4. The molecule has 33 nitrogen and oxygen atoms in total. The van der Waals surface area contributed by atoms with Gasteiger partial charge in [0.1, 0.15) is 93.3 Å². The number of benzene rings is 8. The van der Waals surface area contributed by atoms with Crippen molar-refractivity contribution in [2.75, 3.05) is 47.4 Å². The lowest BCUT2D eigenvalue weighted by Crippen LogP contribution is -2.35. The van der Waals surface area contributed by atoms with Crippen molar-refractivity contribution in [2.24, 2.45) is 0 Å². The minimum atomic E-state index is -0.123. The lowest BCUT2D eigenvalue weighted by Gasteiger charge is -2.12. The molecule has 0 bridgehead atoms. The van der Waals surface area contributed by atoms with Gasteiger partial charge in [0.25, 0.3) is 0 Å². The van der Waals surface area contributed by atoms with Crippen LogP contribution in [0.3, 0.4) is 0 Å². The van der Waals surface area contributed by atoms with Gasteiger partial charge in [-0.05, 0) is 303 Å². The number of aryl methyl sites for hydroxylation is 8. The maximum absolute atomic E-state index is 12.3. The molecule has 33 heteroatoms. The van der Waals surface area contributed by atoms with E-state index in [4.69, 9.17) is 37.0 Å². The summed E-state index contributed by atoms with van der Waals surface area (Å²) in [6.45, 7) is 21.0. The first-order valence-electron chi connectivity index (χ1n) is 45.1. The third kappa shape index (κ3) is 21.8. The molecule has 696 valence electrons. The Hall–Kier alpha value is -16.4. The number of fused-ring (bicyclic) bond motifs is 4. The number of nitrogens with one attached hydrogen (secondary N) is 8. The van der Waals surface area contributed by atoms with Crippen molar-refractivity contribution in [1.29, 1.82) is 21.0 Å². The fourth-order valence-electron chi connectivity index (χ4n) is 17.4. The van der Waals surface area contributed by atoms with Crippen LogP contribution in [0, 0.1) is 101 Å². The van der Waals surface area contributed by atoms with Crippen molar-refractivity contribution >= 4 is 90.0 Å². The fraction of sp³-hybridized carbons (Fsp3) is 0.269. The average molecular weight is 1840 g/mol. The molecule has 8 aromatic heterocycles. The van der Waals surface area contributed by atoms with Gasteiger partial charge in [-0.1, -0.05) is 20.6 Å². The topological polar surface area (TPSA) is 452 Å². The van der Waals surface area contributed by atoms with E-state index in [2.05, 4.69) is 87.4 Å². The SMILES string of the molecule is Cc1noc(C)c1Cn1cc(C#N)c2cc(Oc3ccc(NC(=O)[C@@H]4CCCN4)cc3)ccc21.Cc1noc(C)c1Cn1cc(C#N)c2cc(Oc3ccc(NC(=O)[C@@H]4CCCN4)cc3)ccc21.Cc1noc(C)c1Cn1cc(C#N)c2cc(Oc3ccc(NC(=O)[C@@H]4CCCN4)cc3)ccc21.Cc1noc(C)c1Cn1cc(C#N)c2cc(Oc3ccc(NC(=O)[C@@H]4CCCN4)cc3)ccc21.O. The minimum Gasteiger partial charge on any atom is -0.457 e. The summed E-state index contributed by atoms with van der Waals surface area (Å²) in [5, 5.41) is 82.6. The molecule has 137 heavy (non-hydrogen) atoms. The Labute approximate surface area is 788 Å². The number of nitriles is 4. The lowest BCUT2D eigenvalue weighted by molar-refractivity contribution is -0.118. The lowest BCUT2D eigenvalue weighted by atomic mass is 10.2. The summed E-state index contributed by atoms with van der Waals surface area (Å²) in [7, 11) is 0. The number of amides is 4. The predicted octanol–water partition coefficient (Wildman–Crippen LogP) is 17.8. The number of carbonyl (C=O) groups is 4. The number of ether oxygens (including phenoxy) is 4. The molecule has 4 amide bonds. The summed E-state index contributed by atoms with van der Waals surface area (Å²) < 4.78 is 53.4. The van der Waals surface area contributed by atoms with Crippen molar-refractivity contribution in [3.63, 3.8) is 0 Å². The normalized spacial score (nSPS) is 15.3. The van der Waals surface area contributed by atoms with Crippen LogP contribution in [-0.4, -0.2) is 118 Å². The molecule has 0 saturated carbocycles. The minimum absolute atomic E-state index is 0. The second kappa shape index (κ2) is 42.2. The van der Waals surface area contributed by atoms with E-state index < -0.39 is 0 Å². The Bertz CT molecular complexity index is 6340. The van der Waals surface area contributed by atoms with Crippen LogP contribution < -0.4 is 61.5 Å². The van der Waals surface area contributed by atoms with Crippen LogP contribution in [0.25, 0.3) is 43.6 Å². The zero-order valence-corrected chi connectivity index (χ0v) is 76.9. The summed E-state index contributed by atoms with van der Waals surface area (Å²) >= 11 is 0. The Morgan fingerprint density at radius 1 is 0.321 bits per heavy atom. The number of hydrogen-bond donors (Lipinski definition) is 8. The maximum Gasteiger partial charge on any atom is 0.241 e. The van der Waals surface area contributed by atoms with E-state index in [1.165, 1.54) is 0 Å². The molecule has 16 aromatic rings. The Morgan fingerprint density at radius 2 is 0.518 bits per heavy atom. The summed E-state index contributed by atoms with van der Waals surface area (Å²) in [6.07, 6.45) is 14.9. The van der Waals surface area contributed by atoms with Gasteiger partial charge in [-0.2, -0.15) is 21.0 Å². The van der Waals surface area contributed by atoms with Crippen LogP contribution >= 0.6 is 0 Å². The van der Waals surface area contributed by atoms with Gasteiger partial charge in [-0.15, -0.1) is 0 Å². The van der Waals surface area contributed by atoms with Crippen molar-refractivity contribution < 1.29 is 61.7 Å².